The number of hydrogen-bond acceptors (Lipinski definition) is 2. The van der Waals surface area contributed by atoms with Crippen molar-refractivity contribution in [3.05, 3.63) is 70.2 Å². The van der Waals surface area contributed by atoms with Gasteiger partial charge in [-0.05, 0) is 28.8 Å². The zero-order valence-corrected chi connectivity index (χ0v) is 12.5. The molecule has 2 aromatic carbocycles. The fraction of sp³-hybridized carbons (Fsp3) is 0.188. The Labute approximate surface area is 127 Å². The number of halogens is 1. The number of benzene rings is 2. The molecule has 0 bridgehead atoms. The summed E-state index contributed by atoms with van der Waals surface area (Å²) in [7, 11) is 0. The van der Waals surface area contributed by atoms with Crippen molar-refractivity contribution < 1.29 is 9.90 Å². The molecule has 0 unspecified atom stereocenters. The molecule has 0 radical (unpaired) electrons. The van der Waals surface area contributed by atoms with E-state index in [0.29, 0.717) is 0 Å². The molecule has 0 atom stereocenters. The summed E-state index contributed by atoms with van der Waals surface area (Å²) >= 11 is 7.67. The van der Waals surface area contributed by atoms with E-state index in [9.17, 15) is 4.79 Å². The third kappa shape index (κ3) is 4.91. The molecule has 2 aromatic rings. The van der Waals surface area contributed by atoms with Gasteiger partial charge in [-0.1, -0.05) is 48.0 Å². The zero-order chi connectivity index (χ0) is 14.4. The molecule has 0 aliphatic carbocycles. The first-order chi connectivity index (χ1) is 9.63. The van der Waals surface area contributed by atoms with E-state index in [1.165, 1.54) is 11.1 Å². The van der Waals surface area contributed by atoms with Gasteiger partial charge in [0.05, 0.1) is 6.42 Å². The summed E-state index contributed by atoms with van der Waals surface area (Å²) < 4.78 is 0. The van der Waals surface area contributed by atoms with E-state index in [0.717, 1.165) is 22.1 Å². The Hall–Kier alpha value is -1.45. The van der Waals surface area contributed by atoms with Crippen LogP contribution in [0.4, 0.5) is 0 Å². The van der Waals surface area contributed by atoms with Gasteiger partial charge in [0.1, 0.15) is 0 Å². The summed E-state index contributed by atoms with van der Waals surface area (Å²) in [4.78, 5) is 10.6. The molecule has 0 aliphatic rings. The fourth-order valence-corrected chi connectivity index (χ4v) is 2.88. The highest BCUT2D eigenvalue weighted by molar-refractivity contribution is 7.97. The summed E-state index contributed by atoms with van der Waals surface area (Å²) in [6, 6.07) is 15.6. The lowest BCUT2D eigenvalue weighted by Crippen LogP contribution is -1.99. The van der Waals surface area contributed by atoms with Crippen LogP contribution in [0, 0.1) is 0 Å². The third-order valence-corrected chi connectivity index (χ3v) is 4.16. The number of hydrogen-bond donors (Lipinski definition) is 1. The highest BCUT2D eigenvalue weighted by Gasteiger charge is 2.01. The Morgan fingerprint density at radius 2 is 1.35 bits per heavy atom. The predicted octanol–water partition coefficient (Wildman–Crippen LogP) is 4.40. The first-order valence-electron chi connectivity index (χ1n) is 6.25. The maximum absolute atomic E-state index is 10.6. The Kier molecular flexibility index (Phi) is 5.50. The summed E-state index contributed by atoms with van der Waals surface area (Å²) in [6.07, 6.45) is 0.0815. The van der Waals surface area contributed by atoms with Gasteiger partial charge in [-0.3, -0.25) is 4.79 Å². The van der Waals surface area contributed by atoms with Crippen molar-refractivity contribution in [2.45, 2.75) is 17.9 Å². The van der Waals surface area contributed by atoms with Gasteiger partial charge in [0.15, 0.2) is 0 Å². The molecule has 20 heavy (non-hydrogen) atoms. The van der Waals surface area contributed by atoms with Crippen LogP contribution in [-0.4, -0.2) is 11.1 Å². The standard InChI is InChI=1S/C16H15ClO2S/c17-15-7-5-14(6-8-15)11-20-10-13-3-1-12(2-4-13)9-16(18)19/h1-8H,9-11H2,(H,18,19). The van der Waals surface area contributed by atoms with Gasteiger partial charge in [0.2, 0.25) is 0 Å². The molecule has 1 N–H and O–H groups in total. The Morgan fingerprint density at radius 1 is 0.900 bits per heavy atom. The highest BCUT2D eigenvalue weighted by Crippen LogP contribution is 2.19. The van der Waals surface area contributed by atoms with Crippen LogP contribution < -0.4 is 0 Å². The molecular weight excluding hydrogens is 292 g/mol. The van der Waals surface area contributed by atoms with Crippen LogP contribution in [0.25, 0.3) is 0 Å². The van der Waals surface area contributed by atoms with Crippen molar-refractivity contribution in [1.29, 1.82) is 0 Å². The molecule has 0 aromatic heterocycles. The van der Waals surface area contributed by atoms with Crippen molar-refractivity contribution in [2.24, 2.45) is 0 Å². The second-order valence-electron chi connectivity index (χ2n) is 4.51. The van der Waals surface area contributed by atoms with Crippen molar-refractivity contribution in [3.63, 3.8) is 0 Å². The van der Waals surface area contributed by atoms with E-state index in [1.54, 1.807) is 0 Å². The average molecular weight is 307 g/mol. The monoisotopic (exact) mass is 306 g/mol. The van der Waals surface area contributed by atoms with Crippen molar-refractivity contribution in [1.82, 2.24) is 0 Å². The Bertz CT molecular complexity index is 564. The van der Waals surface area contributed by atoms with Gasteiger partial charge in [0, 0.05) is 16.5 Å². The molecule has 2 nitrogen and oxygen atoms in total. The van der Waals surface area contributed by atoms with Gasteiger partial charge in [-0.2, -0.15) is 11.8 Å². The van der Waals surface area contributed by atoms with E-state index >= 15 is 0 Å². The molecule has 0 saturated heterocycles. The van der Waals surface area contributed by atoms with Gasteiger partial charge < -0.3 is 5.11 Å². The molecule has 0 fully saturated rings. The van der Waals surface area contributed by atoms with Gasteiger partial charge in [-0.15, -0.1) is 0 Å². The van der Waals surface area contributed by atoms with E-state index in [1.807, 2.05) is 60.3 Å². The minimum absolute atomic E-state index is 0.0815. The third-order valence-electron chi connectivity index (χ3n) is 2.83. The average Bonchev–Trinajstić information content (AvgIpc) is 2.42. The SMILES string of the molecule is O=C(O)Cc1ccc(CSCc2ccc(Cl)cc2)cc1. The normalized spacial score (nSPS) is 10.4. The summed E-state index contributed by atoms with van der Waals surface area (Å²) in [6.45, 7) is 0. The van der Waals surface area contributed by atoms with Crippen molar-refractivity contribution in [3.8, 4) is 0 Å². The number of aliphatic carboxylic acids is 1. The number of carbonyl (C=O) groups is 1. The number of thioether (sulfide) groups is 1. The number of carboxylic acid groups (broad SMARTS) is 1. The van der Waals surface area contributed by atoms with E-state index in [2.05, 4.69) is 0 Å². The largest absolute Gasteiger partial charge is 0.481 e. The molecule has 0 saturated carbocycles. The van der Waals surface area contributed by atoms with Crippen LogP contribution in [0.2, 0.25) is 5.02 Å². The van der Waals surface area contributed by atoms with E-state index in [-0.39, 0.29) is 6.42 Å². The first-order valence-corrected chi connectivity index (χ1v) is 7.78. The predicted molar refractivity (Wildman–Crippen MR) is 84.2 cm³/mol. The summed E-state index contributed by atoms with van der Waals surface area (Å²) in [5.74, 6) is 1.05. The molecule has 0 heterocycles. The lowest BCUT2D eigenvalue weighted by atomic mass is 10.1. The first kappa shape index (κ1) is 14.9. The second kappa shape index (κ2) is 7.36. The number of carboxylic acids is 1. The quantitative estimate of drug-likeness (QED) is 0.859. The smallest absolute Gasteiger partial charge is 0.307 e. The van der Waals surface area contributed by atoms with E-state index < -0.39 is 5.97 Å². The minimum Gasteiger partial charge on any atom is -0.481 e. The maximum Gasteiger partial charge on any atom is 0.307 e. The van der Waals surface area contributed by atoms with E-state index in [4.69, 9.17) is 16.7 Å². The maximum atomic E-state index is 10.6. The number of rotatable bonds is 6. The molecule has 0 aliphatic heterocycles. The van der Waals surface area contributed by atoms with Crippen LogP contribution >= 0.6 is 23.4 Å². The lowest BCUT2D eigenvalue weighted by molar-refractivity contribution is -0.136. The minimum atomic E-state index is -0.796. The summed E-state index contributed by atoms with van der Waals surface area (Å²) in [5.41, 5.74) is 3.30. The van der Waals surface area contributed by atoms with Crippen LogP contribution in [-0.2, 0) is 22.7 Å². The fourth-order valence-electron chi connectivity index (χ4n) is 1.80. The highest BCUT2D eigenvalue weighted by atomic mass is 35.5. The molecular formula is C16H15ClO2S. The molecule has 104 valence electrons. The van der Waals surface area contributed by atoms with Crippen LogP contribution in [0.1, 0.15) is 16.7 Å². The van der Waals surface area contributed by atoms with Crippen molar-refractivity contribution in [2.75, 3.05) is 0 Å². The second-order valence-corrected chi connectivity index (χ2v) is 5.93. The van der Waals surface area contributed by atoms with Gasteiger partial charge >= 0.3 is 5.97 Å². The van der Waals surface area contributed by atoms with Crippen LogP contribution in [0.15, 0.2) is 48.5 Å². The molecule has 0 amide bonds. The van der Waals surface area contributed by atoms with Crippen LogP contribution in [0.3, 0.4) is 0 Å². The van der Waals surface area contributed by atoms with Crippen molar-refractivity contribution >= 4 is 29.3 Å². The molecule has 0 spiro atoms. The van der Waals surface area contributed by atoms with Gasteiger partial charge in [-0.25, -0.2) is 0 Å². The summed E-state index contributed by atoms with van der Waals surface area (Å²) in [5, 5.41) is 9.47. The zero-order valence-electron chi connectivity index (χ0n) is 10.9. The Balaban J connectivity index is 1.82. The topological polar surface area (TPSA) is 37.3 Å². The molecule has 4 heteroatoms. The van der Waals surface area contributed by atoms with Crippen LogP contribution in [0.5, 0.6) is 0 Å². The lowest BCUT2D eigenvalue weighted by Gasteiger charge is -2.04. The van der Waals surface area contributed by atoms with Gasteiger partial charge in [0.25, 0.3) is 0 Å². The molecule has 2 rings (SSSR count). The Morgan fingerprint density at radius 3 is 1.85 bits per heavy atom.